The lowest BCUT2D eigenvalue weighted by atomic mass is 9.70. The van der Waals surface area contributed by atoms with Crippen molar-refractivity contribution in [3.63, 3.8) is 0 Å². The second-order valence-corrected chi connectivity index (χ2v) is 7.02. The van der Waals surface area contributed by atoms with Gasteiger partial charge in [0.05, 0.1) is 6.61 Å². The molecule has 0 saturated heterocycles. The summed E-state index contributed by atoms with van der Waals surface area (Å²) in [7, 11) is 0. The van der Waals surface area contributed by atoms with Crippen molar-refractivity contribution in [1.82, 2.24) is 4.90 Å². The molecule has 0 aromatic rings. The third-order valence-corrected chi connectivity index (χ3v) is 5.53. The van der Waals surface area contributed by atoms with Crippen molar-refractivity contribution >= 4 is 0 Å². The van der Waals surface area contributed by atoms with Gasteiger partial charge in [0.2, 0.25) is 0 Å². The highest BCUT2D eigenvalue weighted by atomic mass is 16.3. The molecule has 0 aromatic carbocycles. The summed E-state index contributed by atoms with van der Waals surface area (Å²) in [6, 6.07) is 0.704. The number of nitrogens with two attached hydrogens (primary N) is 1. The third kappa shape index (κ3) is 3.93. The van der Waals surface area contributed by atoms with E-state index in [1.165, 1.54) is 51.4 Å². The van der Waals surface area contributed by atoms with E-state index in [1.807, 2.05) is 0 Å². The minimum absolute atomic E-state index is 0.285. The Morgan fingerprint density at radius 1 is 1.16 bits per heavy atom. The SMILES string of the molecule is CC1CCC(CN)(CN(CCO)C2CCCC2)CC1. The molecule has 0 heterocycles. The van der Waals surface area contributed by atoms with Crippen LogP contribution in [0, 0.1) is 11.3 Å². The van der Waals surface area contributed by atoms with Crippen LogP contribution in [0.1, 0.15) is 58.3 Å². The summed E-state index contributed by atoms with van der Waals surface area (Å²) in [5, 5.41) is 9.35. The van der Waals surface area contributed by atoms with E-state index >= 15 is 0 Å². The molecule has 0 unspecified atom stereocenters. The van der Waals surface area contributed by atoms with Gasteiger partial charge in [-0.2, -0.15) is 0 Å². The lowest BCUT2D eigenvalue weighted by Gasteiger charge is -2.43. The van der Waals surface area contributed by atoms with Crippen LogP contribution in [0.15, 0.2) is 0 Å². The fraction of sp³-hybridized carbons (Fsp3) is 1.00. The first kappa shape index (κ1) is 15.3. The molecule has 0 atom stereocenters. The van der Waals surface area contributed by atoms with Crippen LogP contribution in [0.2, 0.25) is 0 Å². The minimum Gasteiger partial charge on any atom is -0.395 e. The maximum absolute atomic E-state index is 9.35. The Morgan fingerprint density at radius 2 is 1.79 bits per heavy atom. The lowest BCUT2D eigenvalue weighted by molar-refractivity contribution is 0.0584. The van der Waals surface area contributed by atoms with Gasteiger partial charge in [-0.15, -0.1) is 0 Å². The second kappa shape index (κ2) is 7.05. The van der Waals surface area contributed by atoms with Crippen LogP contribution in [0.3, 0.4) is 0 Å². The summed E-state index contributed by atoms with van der Waals surface area (Å²) < 4.78 is 0. The van der Waals surface area contributed by atoms with Gasteiger partial charge >= 0.3 is 0 Å². The van der Waals surface area contributed by atoms with Gasteiger partial charge in [0, 0.05) is 19.1 Å². The molecule has 3 N–H and O–H groups in total. The predicted octanol–water partition coefficient (Wildman–Crippen LogP) is 2.38. The van der Waals surface area contributed by atoms with Crippen molar-refractivity contribution in [2.75, 3.05) is 26.2 Å². The van der Waals surface area contributed by atoms with E-state index in [-0.39, 0.29) is 6.61 Å². The highest BCUT2D eigenvalue weighted by Gasteiger charge is 2.36. The molecule has 0 aromatic heterocycles. The average Bonchev–Trinajstić information content (AvgIpc) is 2.95. The number of aliphatic hydroxyl groups is 1. The van der Waals surface area contributed by atoms with Crippen LogP contribution in [-0.4, -0.2) is 42.3 Å². The van der Waals surface area contributed by atoms with E-state index in [2.05, 4.69) is 11.8 Å². The van der Waals surface area contributed by atoms with Gasteiger partial charge in [-0.25, -0.2) is 0 Å². The van der Waals surface area contributed by atoms with Gasteiger partial charge in [-0.1, -0.05) is 32.6 Å². The molecule has 112 valence electrons. The van der Waals surface area contributed by atoms with Gasteiger partial charge in [0.1, 0.15) is 0 Å². The molecular formula is C16H32N2O. The van der Waals surface area contributed by atoms with Crippen molar-refractivity contribution < 1.29 is 5.11 Å². The van der Waals surface area contributed by atoms with Gasteiger partial charge in [-0.3, -0.25) is 4.90 Å². The molecule has 2 fully saturated rings. The minimum atomic E-state index is 0.285. The third-order valence-electron chi connectivity index (χ3n) is 5.53. The van der Waals surface area contributed by atoms with Gasteiger partial charge in [0.25, 0.3) is 0 Å². The van der Waals surface area contributed by atoms with E-state index in [4.69, 9.17) is 5.73 Å². The quantitative estimate of drug-likeness (QED) is 0.777. The van der Waals surface area contributed by atoms with Crippen molar-refractivity contribution in [3.8, 4) is 0 Å². The Bertz CT molecular complexity index is 255. The second-order valence-electron chi connectivity index (χ2n) is 7.02. The van der Waals surface area contributed by atoms with Crippen LogP contribution < -0.4 is 5.73 Å². The average molecular weight is 268 g/mol. The Balaban J connectivity index is 1.97. The Morgan fingerprint density at radius 3 is 2.32 bits per heavy atom. The topological polar surface area (TPSA) is 49.5 Å². The number of nitrogens with zero attached hydrogens (tertiary/aromatic N) is 1. The summed E-state index contributed by atoms with van der Waals surface area (Å²) in [5.74, 6) is 0.873. The number of rotatable bonds is 6. The van der Waals surface area contributed by atoms with E-state index in [0.29, 0.717) is 11.5 Å². The highest BCUT2D eigenvalue weighted by Crippen LogP contribution is 2.39. The molecule has 0 bridgehead atoms. The van der Waals surface area contributed by atoms with Crippen molar-refractivity contribution in [2.45, 2.75) is 64.3 Å². The number of hydrogen-bond acceptors (Lipinski definition) is 3. The van der Waals surface area contributed by atoms with E-state index < -0.39 is 0 Å². The zero-order valence-corrected chi connectivity index (χ0v) is 12.6. The van der Waals surface area contributed by atoms with Gasteiger partial charge < -0.3 is 10.8 Å². The maximum Gasteiger partial charge on any atom is 0.0558 e. The van der Waals surface area contributed by atoms with E-state index in [0.717, 1.165) is 25.6 Å². The molecule has 2 aliphatic rings. The predicted molar refractivity (Wildman–Crippen MR) is 80.0 cm³/mol. The largest absolute Gasteiger partial charge is 0.395 e. The monoisotopic (exact) mass is 268 g/mol. The molecule has 0 spiro atoms. The fourth-order valence-corrected chi connectivity index (χ4v) is 4.02. The first-order valence-electron chi connectivity index (χ1n) is 8.24. The summed E-state index contributed by atoms with van der Waals surface area (Å²) in [4.78, 5) is 2.55. The molecule has 19 heavy (non-hydrogen) atoms. The van der Waals surface area contributed by atoms with Crippen molar-refractivity contribution in [2.24, 2.45) is 17.1 Å². The normalized spacial score (nSPS) is 33.2. The molecule has 0 amide bonds. The van der Waals surface area contributed by atoms with Crippen LogP contribution in [0.5, 0.6) is 0 Å². The molecule has 2 saturated carbocycles. The van der Waals surface area contributed by atoms with Gasteiger partial charge in [0.15, 0.2) is 0 Å². The molecular weight excluding hydrogens is 236 g/mol. The summed E-state index contributed by atoms with van der Waals surface area (Å²) in [6.45, 7) is 5.41. The van der Waals surface area contributed by atoms with Crippen molar-refractivity contribution in [3.05, 3.63) is 0 Å². The highest BCUT2D eigenvalue weighted by molar-refractivity contribution is 4.90. The molecule has 3 heteroatoms. The Labute approximate surface area is 118 Å². The molecule has 0 radical (unpaired) electrons. The standard InChI is InChI=1S/C16H32N2O/c1-14-6-8-16(12-17,9-7-14)13-18(10-11-19)15-4-2-3-5-15/h14-15,19H,2-13,17H2,1H3. The summed E-state index contributed by atoms with van der Waals surface area (Å²) in [6.07, 6.45) is 10.6. The van der Waals surface area contributed by atoms with Crippen LogP contribution in [0.4, 0.5) is 0 Å². The Hall–Kier alpha value is -0.120. The fourth-order valence-electron chi connectivity index (χ4n) is 4.02. The maximum atomic E-state index is 9.35. The number of aliphatic hydroxyl groups excluding tert-OH is 1. The molecule has 0 aliphatic heterocycles. The lowest BCUT2D eigenvalue weighted by Crippen LogP contribution is -2.48. The first-order chi connectivity index (χ1) is 9.19. The number of hydrogen-bond donors (Lipinski definition) is 2. The van der Waals surface area contributed by atoms with Gasteiger partial charge in [-0.05, 0) is 43.6 Å². The van der Waals surface area contributed by atoms with E-state index in [1.54, 1.807) is 0 Å². The van der Waals surface area contributed by atoms with E-state index in [9.17, 15) is 5.11 Å². The van der Waals surface area contributed by atoms with Crippen molar-refractivity contribution in [1.29, 1.82) is 0 Å². The van der Waals surface area contributed by atoms with Crippen LogP contribution in [-0.2, 0) is 0 Å². The molecule has 2 aliphatic carbocycles. The Kier molecular flexibility index (Phi) is 5.67. The summed E-state index contributed by atoms with van der Waals surface area (Å²) in [5.41, 5.74) is 6.46. The van der Waals surface area contributed by atoms with Crippen LogP contribution >= 0.6 is 0 Å². The first-order valence-corrected chi connectivity index (χ1v) is 8.24. The zero-order valence-electron chi connectivity index (χ0n) is 12.6. The van der Waals surface area contributed by atoms with Crippen LogP contribution in [0.25, 0.3) is 0 Å². The molecule has 2 rings (SSSR count). The molecule has 3 nitrogen and oxygen atoms in total. The zero-order chi connectivity index (χ0) is 13.7. The smallest absolute Gasteiger partial charge is 0.0558 e. The summed E-state index contributed by atoms with van der Waals surface area (Å²) >= 11 is 0.